The summed E-state index contributed by atoms with van der Waals surface area (Å²) < 4.78 is 0. The summed E-state index contributed by atoms with van der Waals surface area (Å²) >= 11 is 1.46. The number of anilines is 1. The third-order valence-electron chi connectivity index (χ3n) is 1.81. The predicted octanol–water partition coefficient (Wildman–Crippen LogP) is 1.26. The minimum Gasteiger partial charge on any atom is -0.397 e. The fourth-order valence-corrected chi connectivity index (χ4v) is 1.87. The van der Waals surface area contributed by atoms with E-state index < -0.39 is 0 Å². The fraction of sp³-hybridized carbons (Fsp3) is 0.400. The second kappa shape index (κ2) is 5.59. The van der Waals surface area contributed by atoms with Crippen molar-refractivity contribution in [1.29, 1.82) is 5.26 Å². The number of pyridine rings is 1. The molecule has 1 atom stereocenters. The van der Waals surface area contributed by atoms with E-state index in [0.29, 0.717) is 16.3 Å². The molecule has 1 rings (SSSR count). The Morgan fingerprint density at radius 2 is 2.47 bits per heavy atom. The van der Waals surface area contributed by atoms with E-state index >= 15 is 0 Å². The maximum absolute atomic E-state index is 8.86. The monoisotopic (exact) mass is 223 g/mol. The number of nitrogen functional groups attached to an aromatic ring is 1. The summed E-state index contributed by atoms with van der Waals surface area (Å²) in [7, 11) is 0. The zero-order chi connectivity index (χ0) is 11.3. The molecule has 0 aliphatic heterocycles. The third-order valence-corrected chi connectivity index (χ3v) is 3.14. The van der Waals surface area contributed by atoms with Crippen molar-refractivity contribution in [3.05, 3.63) is 17.8 Å². The molecule has 4 nitrogen and oxygen atoms in total. The highest BCUT2D eigenvalue weighted by molar-refractivity contribution is 7.99. The number of aliphatic hydroxyl groups is 1. The Kier molecular flexibility index (Phi) is 4.40. The van der Waals surface area contributed by atoms with Crippen LogP contribution >= 0.6 is 11.8 Å². The highest BCUT2D eigenvalue weighted by Crippen LogP contribution is 2.23. The molecule has 0 saturated carbocycles. The Hall–Kier alpha value is -1.25. The van der Waals surface area contributed by atoms with E-state index in [-0.39, 0.29) is 12.5 Å². The molecule has 15 heavy (non-hydrogen) atoms. The normalized spacial score (nSPS) is 12.1. The lowest BCUT2D eigenvalue weighted by molar-refractivity contribution is 0.250. The number of hydrogen-bond donors (Lipinski definition) is 2. The first-order valence-electron chi connectivity index (χ1n) is 4.56. The molecule has 1 unspecified atom stereocenters. The molecule has 0 aromatic carbocycles. The van der Waals surface area contributed by atoms with Gasteiger partial charge in [-0.25, -0.2) is 4.98 Å². The molecule has 0 spiro atoms. The highest BCUT2D eigenvalue weighted by Gasteiger charge is 2.07. The summed E-state index contributed by atoms with van der Waals surface area (Å²) in [6.45, 7) is 2.08. The summed E-state index contributed by atoms with van der Waals surface area (Å²) in [4.78, 5) is 4.09. The molecule has 0 aliphatic carbocycles. The van der Waals surface area contributed by atoms with Gasteiger partial charge < -0.3 is 10.8 Å². The molecule has 3 N–H and O–H groups in total. The molecule has 0 amide bonds. The quantitative estimate of drug-likeness (QED) is 0.751. The second-order valence-corrected chi connectivity index (χ2v) is 4.34. The summed E-state index contributed by atoms with van der Waals surface area (Å²) in [5.74, 6) is 0.933. The maximum Gasteiger partial charge on any atom is 0.114 e. The number of nitrogens with zero attached hydrogens (tertiary/aromatic N) is 2. The molecule has 0 bridgehead atoms. The van der Waals surface area contributed by atoms with Crippen LogP contribution in [0.1, 0.15) is 12.5 Å². The molecule has 0 fully saturated rings. The number of nitrogens with two attached hydrogens (primary N) is 1. The van der Waals surface area contributed by atoms with Gasteiger partial charge in [0.15, 0.2) is 0 Å². The Balaban J connectivity index is 2.73. The van der Waals surface area contributed by atoms with Gasteiger partial charge in [-0.2, -0.15) is 5.26 Å². The largest absolute Gasteiger partial charge is 0.397 e. The van der Waals surface area contributed by atoms with Gasteiger partial charge in [-0.15, -0.1) is 11.8 Å². The number of thioether (sulfide) groups is 1. The van der Waals surface area contributed by atoms with Gasteiger partial charge in [-0.1, -0.05) is 6.92 Å². The molecule has 0 aliphatic rings. The van der Waals surface area contributed by atoms with Gasteiger partial charge in [-0.05, 0) is 12.0 Å². The molecule has 1 heterocycles. The Morgan fingerprint density at radius 3 is 3.07 bits per heavy atom. The van der Waals surface area contributed by atoms with E-state index in [2.05, 4.69) is 11.1 Å². The standard InChI is InChI=1S/C10H13N3OS/c1-7(5-14)6-15-10-8(3-11)2-9(12)4-13-10/h2,4,7,14H,5-6,12H2,1H3. The summed E-state index contributed by atoms with van der Waals surface area (Å²) in [5.41, 5.74) is 6.50. The minimum atomic E-state index is 0.143. The summed E-state index contributed by atoms with van der Waals surface area (Å²) in [6.07, 6.45) is 1.53. The van der Waals surface area contributed by atoms with Crippen LogP contribution in [0, 0.1) is 17.2 Å². The molecule has 0 saturated heterocycles. The van der Waals surface area contributed by atoms with Crippen LogP contribution in [0.4, 0.5) is 5.69 Å². The van der Waals surface area contributed by atoms with Crippen molar-refractivity contribution in [2.75, 3.05) is 18.1 Å². The van der Waals surface area contributed by atoms with E-state index in [1.54, 1.807) is 6.07 Å². The molecule has 1 aromatic rings. The lowest BCUT2D eigenvalue weighted by Crippen LogP contribution is -2.04. The maximum atomic E-state index is 8.86. The van der Waals surface area contributed by atoms with Gasteiger partial charge in [-0.3, -0.25) is 0 Å². The number of rotatable bonds is 4. The van der Waals surface area contributed by atoms with Crippen molar-refractivity contribution in [2.24, 2.45) is 5.92 Å². The SMILES string of the molecule is CC(CO)CSc1ncc(N)cc1C#N. The van der Waals surface area contributed by atoms with E-state index in [4.69, 9.17) is 16.1 Å². The van der Waals surface area contributed by atoms with Crippen molar-refractivity contribution in [3.63, 3.8) is 0 Å². The zero-order valence-corrected chi connectivity index (χ0v) is 9.29. The van der Waals surface area contributed by atoms with Crippen molar-refractivity contribution in [1.82, 2.24) is 4.98 Å². The van der Waals surface area contributed by atoms with Crippen molar-refractivity contribution < 1.29 is 5.11 Å². The van der Waals surface area contributed by atoms with Crippen LogP contribution in [0.25, 0.3) is 0 Å². The van der Waals surface area contributed by atoms with Gasteiger partial charge in [0.2, 0.25) is 0 Å². The third kappa shape index (κ3) is 3.42. The summed E-state index contributed by atoms with van der Waals surface area (Å²) in [5, 5.41) is 18.4. The minimum absolute atomic E-state index is 0.143. The van der Waals surface area contributed by atoms with Crippen LogP contribution in [-0.2, 0) is 0 Å². The number of nitriles is 1. The Bertz CT molecular complexity index is 375. The van der Waals surface area contributed by atoms with Crippen molar-refractivity contribution in [2.45, 2.75) is 11.9 Å². The average Bonchev–Trinajstić information content (AvgIpc) is 2.26. The topological polar surface area (TPSA) is 82.9 Å². The van der Waals surface area contributed by atoms with Gasteiger partial charge in [0.1, 0.15) is 11.1 Å². The van der Waals surface area contributed by atoms with Gasteiger partial charge in [0, 0.05) is 12.4 Å². The number of hydrogen-bond acceptors (Lipinski definition) is 5. The van der Waals surface area contributed by atoms with E-state index in [9.17, 15) is 0 Å². The van der Waals surface area contributed by atoms with Crippen LogP contribution in [0.5, 0.6) is 0 Å². The first-order valence-corrected chi connectivity index (χ1v) is 5.55. The molecule has 1 aromatic heterocycles. The van der Waals surface area contributed by atoms with Crippen LogP contribution in [0.15, 0.2) is 17.3 Å². The molecular weight excluding hydrogens is 210 g/mol. The van der Waals surface area contributed by atoms with Crippen LogP contribution in [0.2, 0.25) is 0 Å². The van der Waals surface area contributed by atoms with Crippen molar-refractivity contribution in [3.8, 4) is 6.07 Å². The van der Waals surface area contributed by atoms with Gasteiger partial charge >= 0.3 is 0 Å². The highest BCUT2D eigenvalue weighted by atomic mass is 32.2. The average molecular weight is 223 g/mol. The van der Waals surface area contributed by atoms with E-state index in [1.807, 2.05) is 6.92 Å². The molecule has 80 valence electrons. The predicted molar refractivity (Wildman–Crippen MR) is 60.3 cm³/mol. The lowest BCUT2D eigenvalue weighted by Gasteiger charge is -2.07. The summed E-state index contributed by atoms with van der Waals surface area (Å²) in [6, 6.07) is 3.66. The van der Waals surface area contributed by atoms with E-state index in [1.165, 1.54) is 18.0 Å². The van der Waals surface area contributed by atoms with Crippen LogP contribution in [0.3, 0.4) is 0 Å². The fourth-order valence-electron chi connectivity index (χ4n) is 0.937. The first-order chi connectivity index (χ1) is 7.17. The number of aliphatic hydroxyl groups excluding tert-OH is 1. The van der Waals surface area contributed by atoms with Gasteiger partial charge in [0.25, 0.3) is 0 Å². The van der Waals surface area contributed by atoms with Gasteiger partial charge in [0.05, 0.1) is 17.4 Å². The van der Waals surface area contributed by atoms with Crippen LogP contribution < -0.4 is 5.73 Å². The lowest BCUT2D eigenvalue weighted by atomic mass is 10.2. The van der Waals surface area contributed by atoms with Crippen molar-refractivity contribution >= 4 is 17.4 Å². The molecule has 0 radical (unpaired) electrons. The Morgan fingerprint density at radius 1 is 1.73 bits per heavy atom. The van der Waals surface area contributed by atoms with Crippen LogP contribution in [-0.4, -0.2) is 22.5 Å². The second-order valence-electron chi connectivity index (χ2n) is 3.33. The molecular formula is C10H13N3OS. The van der Waals surface area contributed by atoms with E-state index in [0.717, 1.165) is 5.75 Å². The molecule has 5 heteroatoms. The Labute approximate surface area is 93.1 Å². The zero-order valence-electron chi connectivity index (χ0n) is 8.47. The first kappa shape index (κ1) is 11.8. The smallest absolute Gasteiger partial charge is 0.114 e. The number of aromatic nitrogens is 1.